The number of carbonyl (C=O) groups is 1. The highest BCUT2D eigenvalue weighted by Gasteiger charge is 2.32. The highest BCUT2D eigenvalue weighted by molar-refractivity contribution is 6.30. The maximum atomic E-state index is 12.1. The molecule has 22 heavy (non-hydrogen) atoms. The van der Waals surface area contributed by atoms with E-state index in [4.69, 9.17) is 11.6 Å². The van der Waals surface area contributed by atoms with Crippen LogP contribution in [-0.4, -0.2) is 23.2 Å². The fourth-order valence-corrected chi connectivity index (χ4v) is 3.01. The quantitative estimate of drug-likeness (QED) is 0.915. The maximum absolute atomic E-state index is 12.1. The minimum Gasteiger partial charge on any atom is -0.388 e. The van der Waals surface area contributed by atoms with Crippen LogP contribution in [0.2, 0.25) is 5.02 Å². The van der Waals surface area contributed by atoms with Gasteiger partial charge in [-0.25, -0.2) is 0 Å². The fourth-order valence-electron chi connectivity index (χ4n) is 2.88. The summed E-state index contributed by atoms with van der Waals surface area (Å²) >= 11 is 5.81. The van der Waals surface area contributed by atoms with Crippen LogP contribution in [0.4, 0.5) is 0 Å². The molecule has 2 aromatic rings. The van der Waals surface area contributed by atoms with E-state index in [9.17, 15) is 9.90 Å². The zero-order valence-corrected chi connectivity index (χ0v) is 12.9. The van der Waals surface area contributed by atoms with Gasteiger partial charge in [0.05, 0.1) is 5.60 Å². The van der Waals surface area contributed by atoms with Gasteiger partial charge in [0.1, 0.15) is 0 Å². The Hall–Kier alpha value is -1.84. The van der Waals surface area contributed by atoms with Gasteiger partial charge in [0, 0.05) is 23.6 Å². The van der Waals surface area contributed by atoms with Crippen LogP contribution in [0.15, 0.2) is 48.5 Å². The number of aryl methyl sites for hydroxylation is 1. The van der Waals surface area contributed by atoms with Crippen molar-refractivity contribution in [2.75, 3.05) is 6.54 Å². The number of hydrogen-bond acceptors (Lipinski definition) is 2. The van der Waals surface area contributed by atoms with Crippen molar-refractivity contribution >= 4 is 17.5 Å². The molecule has 2 N–H and O–H groups in total. The van der Waals surface area contributed by atoms with Gasteiger partial charge in [-0.2, -0.15) is 0 Å². The molecule has 1 aliphatic carbocycles. The number of amides is 1. The van der Waals surface area contributed by atoms with Crippen LogP contribution < -0.4 is 5.32 Å². The lowest BCUT2D eigenvalue weighted by molar-refractivity contribution is 0.0260. The van der Waals surface area contributed by atoms with Crippen molar-refractivity contribution in [2.45, 2.75) is 24.9 Å². The number of halogens is 1. The topological polar surface area (TPSA) is 49.3 Å². The highest BCUT2D eigenvalue weighted by Crippen LogP contribution is 2.28. The predicted octanol–water partition coefficient (Wildman–Crippen LogP) is 2.99. The molecule has 0 saturated heterocycles. The highest BCUT2D eigenvalue weighted by atomic mass is 35.5. The molecule has 1 unspecified atom stereocenters. The van der Waals surface area contributed by atoms with Gasteiger partial charge in [-0.05, 0) is 48.2 Å². The number of hydrogen-bond donors (Lipinski definition) is 2. The molecule has 0 spiro atoms. The van der Waals surface area contributed by atoms with Crippen molar-refractivity contribution in [3.05, 3.63) is 70.2 Å². The predicted molar refractivity (Wildman–Crippen MR) is 87.2 cm³/mol. The summed E-state index contributed by atoms with van der Waals surface area (Å²) in [5.74, 6) is -0.191. The molecule has 3 nitrogen and oxygen atoms in total. The van der Waals surface area contributed by atoms with Crippen molar-refractivity contribution in [2.24, 2.45) is 0 Å². The van der Waals surface area contributed by atoms with Crippen molar-refractivity contribution in [3.8, 4) is 0 Å². The van der Waals surface area contributed by atoms with Gasteiger partial charge in [0.2, 0.25) is 0 Å². The smallest absolute Gasteiger partial charge is 0.251 e. The number of fused-ring (bicyclic) bond motifs is 1. The Labute approximate surface area is 134 Å². The van der Waals surface area contributed by atoms with Gasteiger partial charge in [-0.3, -0.25) is 4.79 Å². The lowest BCUT2D eigenvalue weighted by atomic mass is 9.80. The third-order valence-electron chi connectivity index (χ3n) is 4.18. The summed E-state index contributed by atoms with van der Waals surface area (Å²) in [5.41, 5.74) is 2.12. The van der Waals surface area contributed by atoms with E-state index in [-0.39, 0.29) is 12.5 Å². The minimum absolute atomic E-state index is 0.191. The zero-order valence-electron chi connectivity index (χ0n) is 12.2. The zero-order chi connectivity index (χ0) is 15.6. The Kier molecular flexibility index (Phi) is 4.19. The maximum Gasteiger partial charge on any atom is 0.251 e. The third-order valence-corrected chi connectivity index (χ3v) is 4.43. The number of aliphatic hydroxyl groups is 1. The first-order chi connectivity index (χ1) is 10.6. The molecule has 1 aliphatic rings. The summed E-state index contributed by atoms with van der Waals surface area (Å²) in [7, 11) is 0. The first kappa shape index (κ1) is 15.1. The second-order valence-corrected chi connectivity index (χ2v) is 6.30. The summed E-state index contributed by atoms with van der Waals surface area (Å²) in [6.45, 7) is 0.253. The van der Waals surface area contributed by atoms with Gasteiger partial charge >= 0.3 is 0 Å². The van der Waals surface area contributed by atoms with E-state index in [1.165, 1.54) is 5.56 Å². The Bertz CT molecular complexity index is 684. The van der Waals surface area contributed by atoms with Crippen molar-refractivity contribution in [1.82, 2.24) is 5.32 Å². The second kappa shape index (κ2) is 6.11. The van der Waals surface area contributed by atoms with Crippen LogP contribution in [0.3, 0.4) is 0 Å². The van der Waals surface area contributed by atoms with E-state index >= 15 is 0 Å². The van der Waals surface area contributed by atoms with Crippen LogP contribution in [0.5, 0.6) is 0 Å². The number of carbonyl (C=O) groups excluding carboxylic acids is 1. The molecule has 0 saturated carbocycles. The largest absolute Gasteiger partial charge is 0.388 e. The second-order valence-electron chi connectivity index (χ2n) is 5.86. The molecule has 0 aliphatic heterocycles. The molecule has 1 amide bonds. The molecule has 114 valence electrons. The Morgan fingerprint density at radius 2 is 1.82 bits per heavy atom. The van der Waals surface area contributed by atoms with Crippen LogP contribution in [0, 0.1) is 0 Å². The van der Waals surface area contributed by atoms with E-state index < -0.39 is 5.60 Å². The van der Waals surface area contributed by atoms with Gasteiger partial charge < -0.3 is 10.4 Å². The Morgan fingerprint density at radius 1 is 1.14 bits per heavy atom. The van der Waals surface area contributed by atoms with Gasteiger partial charge in [0.15, 0.2) is 0 Å². The Balaban J connectivity index is 1.64. The Morgan fingerprint density at radius 3 is 2.55 bits per heavy atom. The summed E-state index contributed by atoms with van der Waals surface area (Å²) in [5, 5.41) is 14.1. The summed E-state index contributed by atoms with van der Waals surface area (Å²) in [6.07, 6.45) is 2.07. The number of benzene rings is 2. The molecule has 0 heterocycles. The monoisotopic (exact) mass is 315 g/mol. The lowest BCUT2D eigenvalue weighted by Gasteiger charge is -2.33. The molecule has 3 rings (SSSR count). The molecule has 0 radical (unpaired) electrons. The van der Waals surface area contributed by atoms with E-state index in [0.29, 0.717) is 23.4 Å². The first-order valence-electron chi connectivity index (χ1n) is 7.39. The number of rotatable bonds is 3. The molecular weight excluding hydrogens is 298 g/mol. The molecule has 0 aromatic heterocycles. The molecule has 0 fully saturated rings. The summed E-state index contributed by atoms with van der Waals surface area (Å²) < 4.78 is 0. The van der Waals surface area contributed by atoms with E-state index in [1.807, 2.05) is 18.2 Å². The van der Waals surface area contributed by atoms with Crippen LogP contribution >= 0.6 is 11.6 Å². The lowest BCUT2D eigenvalue weighted by Crippen LogP contribution is -2.46. The van der Waals surface area contributed by atoms with Gasteiger partial charge in [-0.15, -0.1) is 0 Å². The third kappa shape index (κ3) is 3.32. The summed E-state index contributed by atoms with van der Waals surface area (Å²) in [4.78, 5) is 12.1. The van der Waals surface area contributed by atoms with Gasteiger partial charge in [-0.1, -0.05) is 35.9 Å². The van der Waals surface area contributed by atoms with Crippen molar-refractivity contribution < 1.29 is 9.90 Å². The molecule has 2 aromatic carbocycles. The van der Waals surface area contributed by atoms with E-state index in [2.05, 4.69) is 11.4 Å². The van der Waals surface area contributed by atoms with Crippen molar-refractivity contribution in [1.29, 1.82) is 0 Å². The normalized spacial score (nSPS) is 20.3. The minimum atomic E-state index is -0.879. The van der Waals surface area contributed by atoms with E-state index in [0.717, 1.165) is 12.0 Å². The molecule has 4 heteroatoms. The molecule has 1 atom stereocenters. The standard InChI is InChI=1S/C18H18ClNO2/c19-16-7-5-14(6-8-16)17(21)20-12-18(22)10-9-13-3-1-2-4-15(13)11-18/h1-8,22H,9-12H2,(H,20,21). The average Bonchev–Trinajstić information content (AvgIpc) is 2.53. The fraction of sp³-hybridized carbons (Fsp3) is 0.278. The first-order valence-corrected chi connectivity index (χ1v) is 7.76. The van der Waals surface area contributed by atoms with E-state index in [1.54, 1.807) is 24.3 Å². The van der Waals surface area contributed by atoms with Crippen LogP contribution in [-0.2, 0) is 12.8 Å². The number of nitrogens with one attached hydrogen (secondary N) is 1. The molecular formula is C18H18ClNO2. The van der Waals surface area contributed by atoms with Crippen molar-refractivity contribution in [3.63, 3.8) is 0 Å². The van der Waals surface area contributed by atoms with Crippen LogP contribution in [0.25, 0.3) is 0 Å². The SMILES string of the molecule is O=C(NCC1(O)CCc2ccccc2C1)c1ccc(Cl)cc1. The molecule has 0 bridgehead atoms. The average molecular weight is 316 g/mol. The van der Waals surface area contributed by atoms with Gasteiger partial charge in [0.25, 0.3) is 5.91 Å². The van der Waals surface area contributed by atoms with Crippen LogP contribution in [0.1, 0.15) is 27.9 Å². The summed E-state index contributed by atoms with van der Waals surface area (Å²) in [6, 6.07) is 14.9.